The Hall–Kier alpha value is -0.260. The average Bonchev–Trinajstić information content (AvgIpc) is 2.01. The van der Waals surface area contributed by atoms with Crippen molar-refractivity contribution in [3.05, 3.63) is 11.6 Å². The molecule has 0 aliphatic carbocycles. The molecule has 0 saturated heterocycles. The van der Waals surface area contributed by atoms with E-state index in [0.717, 1.165) is 5.92 Å². The Labute approximate surface area is 90.8 Å². The highest BCUT2D eigenvalue weighted by Gasteiger charge is 2.16. The van der Waals surface area contributed by atoms with Gasteiger partial charge in [-0.2, -0.15) is 0 Å². The third-order valence-electron chi connectivity index (χ3n) is 2.56. The molecule has 14 heavy (non-hydrogen) atoms. The lowest BCUT2D eigenvalue weighted by Gasteiger charge is -2.24. The van der Waals surface area contributed by atoms with Gasteiger partial charge in [-0.25, -0.2) is 0 Å². The van der Waals surface area contributed by atoms with Gasteiger partial charge in [-0.15, -0.1) is 0 Å². The van der Waals surface area contributed by atoms with Crippen molar-refractivity contribution >= 4 is 0 Å². The molecule has 0 aliphatic rings. The van der Waals surface area contributed by atoms with Crippen LogP contribution in [-0.4, -0.2) is 0 Å². The van der Waals surface area contributed by atoms with Crippen LogP contribution in [0.3, 0.4) is 0 Å². The quantitative estimate of drug-likeness (QED) is 0.530. The lowest BCUT2D eigenvalue weighted by molar-refractivity contribution is 0.385. The first-order valence-electron chi connectivity index (χ1n) is 6.09. The fourth-order valence-electron chi connectivity index (χ4n) is 1.94. The first-order valence-corrected chi connectivity index (χ1v) is 6.09. The third kappa shape index (κ3) is 6.23. The lowest BCUT2D eigenvalue weighted by Crippen LogP contribution is -2.11. The van der Waals surface area contributed by atoms with Crippen LogP contribution in [-0.2, 0) is 0 Å². The second-order valence-corrected chi connectivity index (χ2v) is 5.61. The van der Waals surface area contributed by atoms with Crippen LogP contribution in [0.1, 0.15) is 67.2 Å². The van der Waals surface area contributed by atoms with E-state index in [-0.39, 0.29) is 0 Å². The van der Waals surface area contributed by atoms with Gasteiger partial charge in [0.25, 0.3) is 0 Å². The van der Waals surface area contributed by atoms with E-state index in [0.29, 0.717) is 5.41 Å². The van der Waals surface area contributed by atoms with Crippen LogP contribution in [0.15, 0.2) is 11.6 Å². The van der Waals surface area contributed by atoms with Gasteiger partial charge in [0.15, 0.2) is 0 Å². The van der Waals surface area contributed by atoms with E-state index < -0.39 is 0 Å². The summed E-state index contributed by atoms with van der Waals surface area (Å²) in [5.41, 5.74) is 2.10. The SMILES string of the molecule is CC/C=C(/CC(C)(C)C)C(C)CCC. The minimum atomic E-state index is 0.434. The smallest absolute Gasteiger partial charge is 0.0232 e. The van der Waals surface area contributed by atoms with Gasteiger partial charge >= 0.3 is 0 Å². The molecule has 1 unspecified atom stereocenters. The topological polar surface area (TPSA) is 0 Å². The van der Waals surface area contributed by atoms with Crippen LogP contribution < -0.4 is 0 Å². The number of rotatable bonds is 5. The predicted molar refractivity (Wildman–Crippen MR) is 66.5 cm³/mol. The zero-order chi connectivity index (χ0) is 11.2. The molecule has 0 aromatic carbocycles. The Morgan fingerprint density at radius 2 is 1.79 bits per heavy atom. The van der Waals surface area contributed by atoms with Gasteiger partial charge in [-0.05, 0) is 30.6 Å². The molecular weight excluding hydrogens is 168 g/mol. The Balaban J connectivity index is 4.37. The second-order valence-electron chi connectivity index (χ2n) is 5.61. The highest BCUT2D eigenvalue weighted by atomic mass is 14.2. The molecule has 0 amide bonds. The highest BCUT2D eigenvalue weighted by molar-refractivity contribution is 5.07. The van der Waals surface area contributed by atoms with Crippen molar-refractivity contribution in [2.75, 3.05) is 0 Å². The van der Waals surface area contributed by atoms with E-state index in [4.69, 9.17) is 0 Å². The summed E-state index contributed by atoms with van der Waals surface area (Å²) in [6, 6.07) is 0. The van der Waals surface area contributed by atoms with Crippen molar-refractivity contribution < 1.29 is 0 Å². The molecule has 0 fully saturated rings. The van der Waals surface area contributed by atoms with E-state index >= 15 is 0 Å². The lowest BCUT2D eigenvalue weighted by atomic mass is 9.81. The number of hydrogen-bond donors (Lipinski definition) is 0. The van der Waals surface area contributed by atoms with E-state index in [2.05, 4.69) is 47.6 Å². The van der Waals surface area contributed by atoms with Crippen molar-refractivity contribution in [2.24, 2.45) is 11.3 Å². The molecule has 0 heteroatoms. The number of allylic oxidation sites excluding steroid dienone is 2. The fourth-order valence-corrected chi connectivity index (χ4v) is 1.94. The molecule has 84 valence electrons. The summed E-state index contributed by atoms with van der Waals surface area (Å²) in [5, 5.41) is 0. The summed E-state index contributed by atoms with van der Waals surface area (Å²) in [7, 11) is 0. The maximum atomic E-state index is 2.44. The maximum Gasteiger partial charge on any atom is -0.0232 e. The van der Waals surface area contributed by atoms with E-state index in [1.54, 1.807) is 5.57 Å². The van der Waals surface area contributed by atoms with E-state index in [9.17, 15) is 0 Å². The summed E-state index contributed by atoms with van der Waals surface area (Å²) < 4.78 is 0. The van der Waals surface area contributed by atoms with Crippen molar-refractivity contribution in [3.63, 3.8) is 0 Å². The highest BCUT2D eigenvalue weighted by Crippen LogP contribution is 2.30. The van der Waals surface area contributed by atoms with Gasteiger partial charge in [0.1, 0.15) is 0 Å². The Morgan fingerprint density at radius 1 is 1.21 bits per heavy atom. The van der Waals surface area contributed by atoms with Crippen molar-refractivity contribution in [1.29, 1.82) is 0 Å². The van der Waals surface area contributed by atoms with Crippen LogP contribution in [0.5, 0.6) is 0 Å². The molecular formula is C14H28. The van der Waals surface area contributed by atoms with Gasteiger partial charge in [-0.3, -0.25) is 0 Å². The van der Waals surface area contributed by atoms with Crippen molar-refractivity contribution in [3.8, 4) is 0 Å². The van der Waals surface area contributed by atoms with Gasteiger partial charge in [0.05, 0.1) is 0 Å². The van der Waals surface area contributed by atoms with Crippen LogP contribution in [0, 0.1) is 11.3 Å². The monoisotopic (exact) mass is 196 g/mol. The van der Waals surface area contributed by atoms with Crippen molar-refractivity contribution in [2.45, 2.75) is 67.2 Å². The van der Waals surface area contributed by atoms with Gasteiger partial charge in [-0.1, -0.05) is 59.6 Å². The van der Waals surface area contributed by atoms with Gasteiger partial charge in [0, 0.05) is 0 Å². The molecule has 0 aromatic heterocycles. The summed E-state index contributed by atoms with van der Waals surface area (Å²) >= 11 is 0. The molecule has 0 heterocycles. The van der Waals surface area contributed by atoms with Crippen molar-refractivity contribution in [1.82, 2.24) is 0 Å². The molecule has 0 bridgehead atoms. The van der Waals surface area contributed by atoms with E-state index in [1.165, 1.54) is 25.7 Å². The molecule has 0 N–H and O–H groups in total. The zero-order valence-corrected chi connectivity index (χ0v) is 11.0. The first-order chi connectivity index (χ1) is 6.40. The minimum Gasteiger partial charge on any atom is -0.0853 e. The molecule has 0 aliphatic heterocycles. The second kappa shape index (κ2) is 6.27. The molecule has 1 atom stereocenters. The van der Waals surface area contributed by atoms with Gasteiger partial charge < -0.3 is 0 Å². The summed E-state index contributed by atoms with van der Waals surface area (Å²) in [5.74, 6) is 0.777. The molecule has 0 aromatic rings. The Bertz CT molecular complexity index is 169. The largest absolute Gasteiger partial charge is 0.0853 e. The van der Waals surface area contributed by atoms with E-state index in [1.807, 2.05) is 0 Å². The predicted octanol–water partition coefficient (Wildman–Crippen LogP) is 5.20. The van der Waals surface area contributed by atoms with Crippen LogP contribution in [0.25, 0.3) is 0 Å². The molecule has 0 radical (unpaired) electrons. The summed E-state index contributed by atoms with van der Waals surface area (Å²) in [6.07, 6.45) is 7.50. The molecule has 0 rings (SSSR count). The Morgan fingerprint density at radius 3 is 2.14 bits per heavy atom. The van der Waals surface area contributed by atoms with Crippen LogP contribution >= 0.6 is 0 Å². The van der Waals surface area contributed by atoms with Crippen LogP contribution in [0.2, 0.25) is 0 Å². The molecule has 0 spiro atoms. The maximum absolute atomic E-state index is 2.44. The summed E-state index contributed by atoms with van der Waals surface area (Å²) in [4.78, 5) is 0. The fraction of sp³-hybridized carbons (Fsp3) is 0.857. The minimum absolute atomic E-state index is 0.434. The first kappa shape index (κ1) is 13.7. The normalized spacial score (nSPS) is 15.7. The summed E-state index contributed by atoms with van der Waals surface area (Å²) in [6.45, 7) is 13.9. The van der Waals surface area contributed by atoms with Gasteiger partial charge in [0.2, 0.25) is 0 Å². The Kier molecular flexibility index (Phi) is 6.15. The van der Waals surface area contributed by atoms with Crippen LogP contribution in [0.4, 0.5) is 0 Å². The average molecular weight is 196 g/mol. The zero-order valence-electron chi connectivity index (χ0n) is 11.0. The molecule has 0 saturated carbocycles. The number of hydrogen-bond acceptors (Lipinski definition) is 0. The standard InChI is InChI=1S/C14H28/c1-7-9-12(3)13(10-8-2)11-14(4,5)6/h10,12H,7-9,11H2,1-6H3/b13-10-. The molecule has 0 nitrogen and oxygen atoms in total. The third-order valence-corrected chi connectivity index (χ3v) is 2.56.